The summed E-state index contributed by atoms with van der Waals surface area (Å²) in [5, 5.41) is 8.64. The van der Waals surface area contributed by atoms with Crippen LogP contribution in [0.1, 0.15) is 44.1 Å². The van der Waals surface area contributed by atoms with Gasteiger partial charge in [-0.3, -0.25) is 4.79 Å². The van der Waals surface area contributed by atoms with Crippen LogP contribution in [0.2, 0.25) is 0 Å². The highest BCUT2D eigenvalue weighted by Gasteiger charge is 2.15. The molecule has 0 saturated heterocycles. The molecular weight excluding hydrogens is 334 g/mol. The van der Waals surface area contributed by atoms with Crippen LogP contribution < -0.4 is 16.0 Å². The SMILES string of the molecule is O=C(CCNC(=O)NC1CCCCC1)NCCSCc1ccccc1. The summed E-state index contributed by atoms with van der Waals surface area (Å²) in [5.74, 6) is 1.83. The molecule has 0 aliphatic heterocycles. The van der Waals surface area contributed by atoms with Crippen LogP contribution in [0.15, 0.2) is 30.3 Å². The Morgan fingerprint density at radius 3 is 2.52 bits per heavy atom. The van der Waals surface area contributed by atoms with E-state index in [1.54, 1.807) is 11.8 Å². The third-order valence-corrected chi connectivity index (χ3v) is 5.29. The zero-order valence-corrected chi connectivity index (χ0v) is 15.6. The van der Waals surface area contributed by atoms with Crippen molar-refractivity contribution in [1.29, 1.82) is 0 Å². The third kappa shape index (κ3) is 8.82. The fourth-order valence-electron chi connectivity index (χ4n) is 2.89. The molecule has 0 atom stereocenters. The minimum Gasteiger partial charge on any atom is -0.355 e. The normalized spacial score (nSPS) is 14.7. The molecule has 0 spiro atoms. The van der Waals surface area contributed by atoms with E-state index in [0.717, 1.165) is 24.3 Å². The number of benzene rings is 1. The van der Waals surface area contributed by atoms with E-state index in [1.165, 1.54) is 24.8 Å². The Kier molecular flexibility index (Phi) is 9.26. The zero-order valence-electron chi connectivity index (χ0n) is 14.8. The van der Waals surface area contributed by atoms with E-state index in [-0.39, 0.29) is 11.9 Å². The number of thioether (sulfide) groups is 1. The molecule has 2 rings (SSSR count). The zero-order chi connectivity index (χ0) is 17.7. The van der Waals surface area contributed by atoms with Crippen LogP contribution in [0.25, 0.3) is 0 Å². The number of nitrogens with one attached hydrogen (secondary N) is 3. The van der Waals surface area contributed by atoms with E-state index in [1.807, 2.05) is 18.2 Å². The minimum atomic E-state index is -0.155. The molecule has 0 heterocycles. The predicted molar refractivity (Wildman–Crippen MR) is 104 cm³/mol. The quantitative estimate of drug-likeness (QED) is 0.591. The molecule has 1 aliphatic carbocycles. The van der Waals surface area contributed by atoms with Crippen LogP contribution in [-0.2, 0) is 10.5 Å². The largest absolute Gasteiger partial charge is 0.355 e. The summed E-state index contributed by atoms with van der Waals surface area (Å²) in [6.07, 6.45) is 6.10. The highest BCUT2D eigenvalue weighted by Crippen LogP contribution is 2.17. The first-order valence-electron chi connectivity index (χ1n) is 9.17. The fourth-order valence-corrected chi connectivity index (χ4v) is 3.71. The van der Waals surface area contributed by atoms with E-state index >= 15 is 0 Å². The molecule has 1 aliphatic rings. The Labute approximate surface area is 154 Å². The van der Waals surface area contributed by atoms with Gasteiger partial charge in [-0.25, -0.2) is 4.79 Å². The van der Waals surface area contributed by atoms with Crippen LogP contribution in [0.4, 0.5) is 4.79 Å². The molecule has 3 N–H and O–H groups in total. The lowest BCUT2D eigenvalue weighted by atomic mass is 9.96. The van der Waals surface area contributed by atoms with Crippen molar-refractivity contribution in [3.05, 3.63) is 35.9 Å². The lowest BCUT2D eigenvalue weighted by Crippen LogP contribution is -2.43. The van der Waals surface area contributed by atoms with Gasteiger partial charge in [0, 0.05) is 37.1 Å². The Bertz CT molecular complexity index is 519. The highest BCUT2D eigenvalue weighted by molar-refractivity contribution is 7.98. The second-order valence-electron chi connectivity index (χ2n) is 6.37. The van der Waals surface area contributed by atoms with Gasteiger partial charge < -0.3 is 16.0 Å². The van der Waals surface area contributed by atoms with Gasteiger partial charge in [-0.15, -0.1) is 0 Å². The van der Waals surface area contributed by atoms with Crippen LogP contribution in [0.5, 0.6) is 0 Å². The van der Waals surface area contributed by atoms with Gasteiger partial charge in [-0.1, -0.05) is 49.6 Å². The Morgan fingerprint density at radius 2 is 1.76 bits per heavy atom. The van der Waals surface area contributed by atoms with Gasteiger partial charge in [0.2, 0.25) is 5.91 Å². The third-order valence-electron chi connectivity index (χ3n) is 4.26. The summed E-state index contributed by atoms with van der Waals surface area (Å²) < 4.78 is 0. The molecule has 1 fully saturated rings. The maximum absolute atomic E-state index is 11.8. The maximum atomic E-state index is 11.8. The number of urea groups is 1. The molecule has 0 bridgehead atoms. The van der Waals surface area contributed by atoms with Gasteiger partial charge in [0.15, 0.2) is 0 Å². The van der Waals surface area contributed by atoms with E-state index in [2.05, 4.69) is 28.1 Å². The van der Waals surface area contributed by atoms with Gasteiger partial charge in [0.1, 0.15) is 0 Å². The molecule has 6 heteroatoms. The summed E-state index contributed by atoms with van der Waals surface area (Å²) in [4.78, 5) is 23.5. The summed E-state index contributed by atoms with van der Waals surface area (Å²) in [6.45, 7) is 1.03. The average molecular weight is 364 g/mol. The molecule has 0 radical (unpaired) electrons. The average Bonchev–Trinajstić information content (AvgIpc) is 2.63. The second-order valence-corrected chi connectivity index (χ2v) is 7.48. The summed E-state index contributed by atoms with van der Waals surface area (Å²) in [6, 6.07) is 10.4. The molecule has 0 unspecified atom stereocenters. The predicted octanol–water partition coefficient (Wildman–Crippen LogP) is 3.06. The van der Waals surface area contributed by atoms with Crippen molar-refractivity contribution in [3.63, 3.8) is 0 Å². The maximum Gasteiger partial charge on any atom is 0.315 e. The van der Waals surface area contributed by atoms with E-state index in [9.17, 15) is 9.59 Å². The van der Waals surface area contributed by atoms with Gasteiger partial charge in [0.25, 0.3) is 0 Å². The number of rotatable bonds is 9. The molecular formula is C19H29N3O2S. The van der Waals surface area contributed by atoms with Gasteiger partial charge in [-0.2, -0.15) is 11.8 Å². The lowest BCUT2D eigenvalue weighted by Gasteiger charge is -2.22. The molecule has 0 aromatic heterocycles. The molecule has 138 valence electrons. The van der Waals surface area contributed by atoms with Crippen molar-refractivity contribution in [3.8, 4) is 0 Å². The number of carbonyl (C=O) groups excluding carboxylic acids is 2. The Hall–Kier alpha value is -1.69. The van der Waals surface area contributed by atoms with Crippen LogP contribution in [0, 0.1) is 0 Å². The van der Waals surface area contributed by atoms with Crippen molar-refractivity contribution < 1.29 is 9.59 Å². The van der Waals surface area contributed by atoms with Crippen molar-refractivity contribution >= 4 is 23.7 Å². The molecule has 1 aromatic carbocycles. The first-order valence-corrected chi connectivity index (χ1v) is 10.3. The van der Waals surface area contributed by atoms with Crippen LogP contribution in [0.3, 0.4) is 0 Å². The van der Waals surface area contributed by atoms with Gasteiger partial charge in [0.05, 0.1) is 0 Å². The molecule has 1 aromatic rings. The lowest BCUT2D eigenvalue weighted by molar-refractivity contribution is -0.120. The molecule has 5 nitrogen and oxygen atoms in total. The van der Waals surface area contributed by atoms with E-state index < -0.39 is 0 Å². The Morgan fingerprint density at radius 1 is 1.00 bits per heavy atom. The molecule has 25 heavy (non-hydrogen) atoms. The standard InChI is InChI=1S/C19H29N3O2S/c23-18(20-13-14-25-15-16-7-3-1-4-8-16)11-12-21-19(24)22-17-9-5-2-6-10-17/h1,3-4,7-8,17H,2,5-6,9-15H2,(H,20,23)(H2,21,22,24). The second kappa shape index (κ2) is 11.8. The summed E-state index contributed by atoms with van der Waals surface area (Å²) in [7, 11) is 0. The number of amides is 3. The van der Waals surface area contributed by atoms with Gasteiger partial charge in [-0.05, 0) is 18.4 Å². The van der Waals surface area contributed by atoms with Crippen molar-refractivity contribution in [2.75, 3.05) is 18.8 Å². The number of carbonyl (C=O) groups is 2. The molecule has 1 saturated carbocycles. The van der Waals surface area contributed by atoms with Crippen LogP contribution >= 0.6 is 11.8 Å². The minimum absolute atomic E-state index is 0.0155. The first-order chi connectivity index (χ1) is 12.2. The van der Waals surface area contributed by atoms with E-state index in [4.69, 9.17) is 0 Å². The molecule has 3 amide bonds. The van der Waals surface area contributed by atoms with Crippen molar-refractivity contribution in [1.82, 2.24) is 16.0 Å². The van der Waals surface area contributed by atoms with Crippen LogP contribution in [-0.4, -0.2) is 36.8 Å². The van der Waals surface area contributed by atoms with E-state index in [0.29, 0.717) is 25.6 Å². The summed E-state index contributed by atoms with van der Waals surface area (Å²) in [5.41, 5.74) is 1.30. The number of hydrogen-bond donors (Lipinski definition) is 3. The fraction of sp³-hybridized carbons (Fsp3) is 0.579. The first kappa shape index (κ1) is 19.6. The summed E-state index contributed by atoms with van der Waals surface area (Å²) >= 11 is 1.80. The smallest absolute Gasteiger partial charge is 0.315 e. The Balaban J connectivity index is 1.44. The number of hydrogen-bond acceptors (Lipinski definition) is 3. The van der Waals surface area contributed by atoms with Gasteiger partial charge >= 0.3 is 6.03 Å². The monoisotopic (exact) mass is 363 g/mol. The highest BCUT2D eigenvalue weighted by atomic mass is 32.2. The van der Waals surface area contributed by atoms with Crippen molar-refractivity contribution in [2.45, 2.75) is 50.3 Å². The van der Waals surface area contributed by atoms with Crippen molar-refractivity contribution in [2.24, 2.45) is 0 Å². The topological polar surface area (TPSA) is 70.2 Å².